The molecule has 2 aromatic carbocycles. The molecule has 0 fully saturated rings. The van der Waals surface area contributed by atoms with Crippen LogP contribution in [0.3, 0.4) is 0 Å². The predicted molar refractivity (Wildman–Crippen MR) is 96.4 cm³/mol. The molecule has 0 heterocycles. The fourth-order valence-corrected chi connectivity index (χ4v) is 2.65. The summed E-state index contributed by atoms with van der Waals surface area (Å²) in [5.74, 6) is 0.395. The number of ether oxygens (including phenoxy) is 1. The average Bonchev–Trinajstić information content (AvgIpc) is 2.59. The van der Waals surface area contributed by atoms with Gasteiger partial charge in [0.25, 0.3) is 5.91 Å². The summed E-state index contributed by atoms with van der Waals surface area (Å²) in [5.41, 5.74) is 5.60. The third-order valence-electron chi connectivity index (χ3n) is 3.55. The molecule has 1 N–H and O–H groups in total. The summed E-state index contributed by atoms with van der Waals surface area (Å²) < 4.78 is 5.35. The monoisotopic (exact) mass is 330 g/mol. The normalized spacial score (nSPS) is 10.3. The zero-order valence-corrected chi connectivity index (χ0v) is 14.7. The van der Waals surface area contributed by atoms with Gasteiger partial charge in [-0.25, -0.2) is 0 Å². The fraction of sp³-hybridized carbons (Fsp3) is 0.278. The average molecular weight is 330 g/mol. The van der Waals surface area contributed by atoms with Crippen LogP contribution < -0.4 is 15.2 Å². The smallest absolute Gasteiger partial charge is 0.273 e. The summed E-state index contributed by atoms with van der Waals surface area (Å²) in [4.78, 5) is 13.7. The number of methoxy groups -OCH3 is 1. The first-order valence-corrected chi connectivity index (χ1v) is 8.68. The summed E-state index contributed by atoms with van der Waals surface area (Å²) in [5, 5.41) is 1.82. The number of aryl methyl sites for hydroxylation is 1. The molecule has 0 spiro atoms. The van der Waals surface area contributed by atoms with E-state index in [0.717, 1.165) is 10.6 Å². The molecular weight excluding hydrogens is 308 g/mol. The van der Waals surface area contributed by atoms with Crippen molar-refractivity contribution < 1.29 is 9.53 Å². The van der Waals surface area contributed by atoms with Gasteiger partial charge in [0.2, 0.25) is 0 Å². The van der Waals surface area contributed by atoms with Crippen LogP contribution in [0.1, 0.15) is 22.8 Å². The summed E-state index contributed by atoms with van der Waals surface area (Å²) in [6, 6.07) is 13.6. The van der Waals surface area contributed by atoms with Crippen LogP contribution in [-0.4, -0.2) is 25.8 Å². The molecule has 0 aliphatic carbocycles. The molecule has 0 unspecified atom stereocenters. The van der Waals surface area contributed by atoms with Gasteiger partial charge < -0.3 is 4.74 Å². The van der Waals surface area contributed by atoms with E-state index in [4.69, 9.17) is 4.74 Å². The maximum Gasteiger partial charge on any atom is 0.273 e. The van der Waals surface area contributed by atoms with Crippen molar-refractivity contribution in [2.45, 2.75) is 18.7 Å². The van der Waals surface area contributed by atoms with Gasteiger partial charge in [-0.2, -0.15) is 0 Å². The number of rotatable bonds is 6. The molecule has 2 rings (SSSR count). The summed E-state index contributed by atoms with van der Waals surface area (Å²) in [6.45, 7) is 4.70. The Morgan fingerprint density at radius 2 is 1.91 bits per heavy atom. The molecule has 0 radical (unpaired) electrons. The van der Waals surface area contributed by atoms with Gasteiger partial charge in [-0.3, -0.25) is 15.2 Å². The van der Waals surface area contributed by atoms with Crippen molar-refractivity contribution in [1.82, 2.24) is 5.43 Å². The number of nitrogens with one attached hydrogen (secondary N) is 1. The number of benzene rings is 2. The molecule has 2 aromatic rings. The van der Waals surface area contributed by atoms with Crippen LogP contribution in [0.25, 0.3) is 0 Å². The molecule has 0 bridgehead atoms. The molecule has 1 amide bonds. The molecule has 0 saturated carbocycles. The minimum absolute atomic E-state index is 0.183. The van der Waals surface area contributed by atoms with Gasteiger partial charge in [0.15, 0.2) is 0 Å². The topological polar surface area (TPSA) is 41.6 Å². The lowest BCUT2D eigenvalue weighted by Crippen LogP contribution is -2.42. The van der Waals surface area contributed by atoms with Crippen LogP contribution in [0.4, 0.5) is 5.69 Å². The lowest BCUT2D eigenvalue weighted by atomic mass is 10.2. The van der Waals surface area contributed by atoms with Gasteiger partial charge in [-0.15, -0.1) is 11.8 Å². The standard InChI is InChI=1S/C18H22N2O2S/c1-5-20(14-8-6-13(2)7-9-14)19-18(21)16-11-10-15(23-4)12-17(16)22-3/h6-12H,5H2,1-4H3,(H,19,21). The van der Waals surface area contributed by atoms with Crippen molar-refractivity contribution in [2.75, 3.05) is 24.9 Å². The molecule has 4 nitrogen and oxygen atoms in total. The molecule has 0 aliphatic heterocycles. The SMILES string of the molecule is CCN(NC(=O)c1ccc(SC)cc1OC)c1ccc(C)cc1. The van der Waals surface area contributed by atoms with E-state index in [2.05, 4.69) is 5.43 Å². The predicted octanol–water partition coefficient (Wildman–Crippen LogP) is 3.90. The van der Waals surface area contributed by atoms with Gasteiger partial charge >= 0.3 is 0 Å². The Hall–Kier alpha value is -2.14. The minimum Gasteiger partial charge on any atom is -0.496 e. The zero-order chi connectivity index (χ0) is 16.8. The maximum absolute atomic E-state index is 12.6. The highest BCUT2D eigenvalue weighted by Gasteiger charge is 2.15. The third-order valence-corrected chi connectivity index (χ3v) is 4.28. The Bertz CT molecular complexity index is 671. The van der Waals surface area contributed by atoms with Crippen molar-refractivity contribution >= 4 is 23.4 Å². The maximum atomic E-state index is 12.6. The van der Waals surface area contributed by atoms with E-state index in [9.17, 15) is 4.79 Å². The Morgan fingerprint density at radius 1 is 1.22 bits per heavy atom. The highest BCUT2D eigenvalue weighted by molar-refractivity contribution is 7.98. The quantitative estimate of drug-likeness (QED) is 0.644. The number of thioether (sulfide) groups is 1. The second-order valence-corrected chi connectivity index (χ2v) is 5.97. The van der Waals surface area contributed by atoms with Crippen molar-refractivity contribution in [1.29, 1.82) is 0 Å². The van der Waals surface area contributed by atoms with Crippen molar-refractivity contribution in [3.8, 4) is 5.75 Å². The van der Waals surface area contributed by atoms with Gasteiger partial charge in [-0.05, 0) is 50.4 Å². The summed E-state index contributed by atoms with van der Waals surface area (Å²) >= 11 is 1.61. The zero-order valence-electron chi connectivity index (χ0n) is 13.9. The minimum atomic E-state index is -0.183. The van der Waals surface area contributed by atoms with Gasteiger partial charge in [-0.1, -0.05) is 17.7 Å². The van der Waals surface area contributed by atoms with E-state index in [1.807, 2.05) is 61.5 Å². The number of hydrogen-bond donors (Lipinski definition) is 1. The second kappa shape index (κ2) is 7.92. The van der Waals surface area contributed by atoms with E-state index in [1.54, 1.807) is 24.9 Å². The van der Waals surface area contributed by atoms with Gasteiger partial charge in [0.05, 0.1) is 18.4 Å². The Kier molecular flexibility index (Phi) is 5.93. The lowest BCUT2D eigenvalue weighted by molar-refractivity contribution is 0.0946. The van der Waals surface area contributed by atoms with Crippen LogP contribution in [0.15, 0.2) is 47.4 Å². The summed E-state index contributed by atoms with van der Waals surface area (Å²) in [6.07, 6.45) is 1.99. The number of carbonyl (C=O) groups excluding carboxylic acids is 1. The van der Waals surface area contributed by atoms with Crippen LogP contribution in [-0.2, 0) is 0 Å². The third kappa shape index (κ3) is 4.20. The van der Waals surface area contributed by atoms with E-state index >= 15 is 0 Å². The van der Waals surface area contributed by atoms with E-state index in [1.165, 1.54) is 5.56 Å². The molecule has 5 heteroatoms. The summed E-state index contributed by atoms with van der Waals surface area (Å²) in [7, 11) is 1.58. The molecule has 122 valence electrons. The van der Waals surface area contributed by atoms with Crippen molar-refractivity contribution in [3.05, 3.63) is 53.6 Å². The molecule has 0 aromatic heterocycles. The van der Waals surface area contributed by atoms with Gasteiger partial charge in [0, 0.05) is 11.4 Å². The van der Waals surface area contributed by atoms with Crippen molar-refractivity contribution in [2.24, 2.45) is 0 Å². The Balaban J connectivity index is 2.21. The van der Waals surface area contributed by atoms with Gasteiger partial charge in [0.1, 0.15) is 5.75 Å². The number of nitrogens with zero attached hydrogens (tertiary/aromatic N) is 1. The van der Waals surface area contributed by atoms with Crippen molar-refractivity contribution in [3.63, 3.8) is 0 Å². The lowest BCUT2D eigenvalue weighted by Gasteiger charge is -2.24. The number of hydrazine groups is 1. The number of hydrogen-bond acceptors (Lipinski definition) is 4. The first-order valence-electron chi connectivity index (χ1n) is 7.46. The number of carbonyl (C=O) groups is 1. The van der Waals surface area contributed by atoms with Crippen LogP contribution in [0, 0.1) is 6.92 Å². The van der Waals surface area contributed by atoms with E-state index in [-0.39, 0.29) is 5.91 Å². The molecule has 0 atom stereocenters. The number of anilines is 1. The number of amides is 1. The molecule has 23 heavy (non-hydrogen) atoms. The van der Waals surface area contributed by atoms with Crippen LogP contribution >= 0.6 is 11.8 Å². The largest absolute Gasteiger partial charge is 0.496 e. The Morgan fingerprint density at radius 3 is 2.48 bits per heavy atom. The molecular formula is C18H22N2O2S. The Labute approximate surface area is 141 Å². The highest BCUT2D eigenvalue weighted by atomic mass is 32.2. The molecule has 0 saturated heterocycles. The van der Waals surface area contributed by atoms with E-state index < -0.39 is 0 Å². The first kappa shape index (κ1) is 17.2. The van der Waals surface area contributed by atoms with Crippen LogP contribution in [0.5, 0.6) is 5.75 Å². The van der Waals surface area contributed by atoms with E-state index in [0.29, 0.717) is 17.9 Å². The highest BCUT2D eigenvalue weighted by Crippen LogP contribution is 2.25. The van der Waals surface area contributed by atoms with Crippen LogP contribution in [0.2, 0.25) is 0 Å². The molecule has 0 aliphatic rings. The second-order valence-electron chi connectivity index (χ2n) is 5.09. The fourth-order valence-electron chi connectivity index (χ4n) is 2.22. The first-order chi connectivity index (χ1) is 11.1.